The van der Waals surface area contributed by atoms with Crippen LogP contribution in [0.2, 0.25) is 0 Å². The molecule has 0 saturated heterocycles. The Hall–Kier alpha value is -1.75. The van der Waals surface area contributed by atoms with Crippen molar-refractivity contribution in [3.63, 3.8) is 0 Å². The first-order valence-electron chi connectivity index (χ1n) is 6.53. The van der Waals surface area contributed by atoms with Crippen LogP contribution in [0.4, 0.5) is 0 Å². The maximum absolute atomic E-state index is 12.1. The first kappa shape index (κ1) is 13.7. The molecule has 2 N–H and O–H groups in total. The Morgan fingerprint density at radius 2 is 2.21 bits per heavy atom. The quantitative estimate of drug-likeness (QED) is 0.789. The second-order valence-electron chi connectivity index (χ2n) is 4.58. The zero-order valence-electron chi connectivity index (χ0n) is 11.0. The summed E-state index contributed by atoms with van der Waals surface area (Å²) in [6, 6.07) is 5.29. The smallest absolute Gasteiger partial charge is 0.255 e. The number of amides is 1. The molecule has 1 aliphatic rings. The molecule has 0 saturated carbocycles. The highest BCUT2D eigenvalue weighted by Crippen LogP contribution is 2.33. The van der Waals surface area contributed by atoms with Crippen LogP contribution in [0.5, 0.6) is 11.5 Å². The Bertz CT molecular complexity index is 445. The van der Waals surface area contributed by atoms with Gasteiger partial charge in [0.2, 0.25) is 0 Å². The number of hydrogen-bond acceptors (Lipinski definition) is 4. The van der Waals surface area contributed by atoms with Gasteiger partial charge in [0.1, 0.15) is 13.2 Å². The van der Waals surface area contributed by atoms with E-state index in [0.717, 1.165) is 6.42 Å². The SMILES string of the molecule is CC(O)CCCNC(=O)c1cccc2c1OCCO2. The molecule has 0 bridgehead atoms. The highest BCUT2D eigenvalue weighted by molar-refractivity contribution is 5.97. The monoisotopic (exact) mass is 265 g/mol. The molecule has 0 fully saturated rings. The van der Waals surface area contributed by atoms with E-state index in [0.29, 0.717) is 43.2 Å². The van der Waals surface area contributed by atoms with Crippen LogP contribution >= 0.6 is 0 Å². The molecule has 1 aliphatic heterocycles. The normalized spacial score (nSPS) is 14.8. The van der Waals surface area contributed by atoms with Gasteiger partial charge in [0.25, 0.3) is 5.91 Å². The predicted molar refractivity (Wildman–Crippen MR) is 70.7 cm³/mol. The van der Waals surface area contributed by atoms with Crippen molar-refractivity contribution in [1.82, 2.24) is 5.32 Å². The number of rotatable bonds is 5. The van der Waals surface area contributed by atoms with Gasteiger partial charge in [-0.1, -0.05) is 6.07 Å². The highest BCUT2D eigenvalue weighted by Gasteiger charge is 2.19. The summed E-state index contributed by atoms with van der Waals surface area (Å²) in [7, 11) is 0. The van der Waals surface area contributed by atoms with Gasteiger partial charge in [-0.3, -0.25) is 4.79 Å². The van der Waals surface area contributed by atoms with Crippen molar-refractivity contribution in [2.45, 2.75) is 25.9 Å². The number of benzene rings is 1. The average molecular weight is 265 g/mol. The molecular weight excluding hydrogens is 246 g/mol. The molecule has 104 valence electrons. The van der Waals surface area contributed by atoms with Gasteiger partial charge in [-0.2, -0.15) is 0 Å². The topological polar surface area (TPSA) is 67.8 Å². The summed E-state index contributed by atoms with van der Waals surface area (Å²) in [5, 5.41) is 12.0. The van der Waals surface area contributed by atoms with E-state index in [2.05, 4.69) is 5.32 Å². The van der Waals surface area contributed by atoms with E-state index < -0.39 is 0 Å². The lowest BCUT2D eigenvalue weighted by molar-refractivity contribution is 0.0938. The Morgan fingerprint density at radius 3 is 3.00 bits per heavy atom. The summed E-state index contributed by atoms with van der Waals surface area (Å²) in [5.74, 6) is 0.956. The molecule has 1 aromatic rings. The van der Waals surface area contributed by atoms with Crippen molar-refractivity contribution in [2.75, 3.05) is 19.8 Å². The van der Waals surface area contributed by atoms with Gasteiger partial charge in [-0.05, 0) is 31.9 Å². The molecule has 2 rings (SSSR count). The molecule has 1 unspecified atom stereocenters. The first-order valence-corrected chi connectivity index (χ1v) is 6.53. The zero-order valence-corrected chi connectivity index (χ0v) is 11.0. The summed E-state index contributed by atoms with van der Waals surface area (Å²) in [5.41, 5.74) is 0.495. The molecule has 1 aromatic carbocycles. The van der Waals surface area contributed by atoms with Crippen LogP contribution in [0.15, 0.2) is 18.2 Å². The zero-order chi connectivity index (χ0) is 13.7. The van der Waals surface area contributed by atoms with Gasteiger partial charge >= 0.3 is 0 Å². The molecule has 0 aliphatic carbocycles. The number of para-hydroxylation sites is 1. The van der Waals surface area contributed by atoms with Gasteiger partial charge < -0.3 is 19.9 Å². The maximum Gasteiger partial charge on any atom is 0.255 e. The highest BCUT2D eigenvalue weighted by atomic mass is 16.6. The van der Waals surface area contributed by atoms with E-state index in [1.54, 1.807) is 25.1 Å². The maximum atomic E-state index is 12.1. The van der Waals surface area contributed by atoms with Crippen LogP contribution in [0.25, 0.3) is 0 Å². The fourth-order valence-electron chi connectivity index (χ4n) is 1.95. The van der Waals surface area contributed by atoms with Gasteiger partial charge in [0.05, 0.1) is 11.7 Å². The van der Waals surface area contributed by atoms with E-state index in [-0.39, 0.29) is 12.0 Å². The van der Waals surface area contributed by atoms with Gasteiger partial charge in [-0.15, -0.1) is 0 Å². The number of hydrogen-bond donors (Lipinski definition) is 2. The van der Waals surface area contributed by atoms with Gasteiger partial charge in [0, 0.05) is 6.54 Å². The number of aliphatic hydroxyl groups excluding tert-OH is 1. The van der Waals surface area contributed by atoms with Crippen molar-refractivity contribution in [3.05, 3.63) is 23.8 Å². The lowest BCUT2D eigenvalue weighted by atomic mass is 10.1. The number of carbonyl (C=O) groups excluding carboxylic acids is 1. The number of aliphatic hydroxyl groups is 1. The van der Waals surface area contributed by atoms with Gasteiger partial charge in [-0.25, -0.2) is 0 Å². The van der Waals surface area contributed by atoms with Crippen LogP contribution in [0.1, 0.15) is 30.1 Å². The Morgan fingerprint density at radius 1 is 1.42 bits per heavy atom. The second kappa shape index (κ2) is 6.43. The van der Waals surface area contributed by atoms with Crippen LogP contribution < -0.4 is 14.8 Å². The number of carbonyl (C=O) groups is 1. The average Bonchev–Trinajstić information content (AvgIpc) is 2.42. The molecule has 0 spiro atoms. The third-order valence-corrected chi connectivity index (χ3v) is 2.90. The molecule has 1 heterocycles. The molecular formula is C14H19NO4. The van der Waals surface area contributed by atoms with Crippen LogP contribution in [0.3, 0.4) is 0 Å². The largest absolute Gasteiger partial charge is 0.486 e. The molecule has 1 atom stereocenters. The Labute approximate surface area is 112 Å². The molecule has 5 heteroatoms. The predicted octanol–water partition coefficient (Wildman–Crippen LogP) is 1.35. The van der Waals surface area contributed by atoms with Crippen molar-refractivity contribution in [3.8, 4) is 11.5 Å². The number of nitrogens with one attached hydrogen (secondary N) is 1. The lowest BCUT2D eigenvalue weighted by Gasteiger charge is -2.20. The van der Waals surface area contributed by atoms with Crippen molar-refractivity contribution >= 4 is 5.91 Å². The van der Waals surface area contributed by atoms with E-state index in [4.69, 9.17) is 14.6 Å². The minimum atomic E-state index is -0.335. The third-order valence-electron chi connectivity index (χ3n) is 2.90. The fraction of sp³-hybridized carbons (Fsp3) is 0.500. The Balaban J connectivity index is 1.95. The van der Waals surface area contributed by atoms with Crippen LogP contribution in [-0.2, 0) is 0 Å². The fourth-order valence-corrected chi connectivity index (χ4v) is 1.95. The molecule has 0 radical (unpaired) electrons. The second-order valence-corrected chi connectivity index (χ2v) is 4.58. The minimum absolute atomic E-state index is 0.173. The third kappa shape index (κ3) is 3.61. The summed E-state index contributed by atoms with van der Waals surface area (Å²) < 4.78 is 10.9. The van der Waals surface area contributed by atoms with Gasteiger partial charge in [0.15, 0.2) is 11.5 Å². The number of fused-ring (bicyclic) bond motifs is 1. The molecule has 0 aromatic heterocycles. The van der Waals surface area contributed by atoms with Crippen LogP contribution in [-0.4, -0.2) is 36.9 Å². The summed E-state index contributed by atoms with van der Waals surface area (Å²) >= 11 is 0. The van der Waals surface area contributed by atoms with E-state index in [1.807, 2.05) is 0 Å². The summed E-state index contributed by atoms with van der Waals surface area (Å²) in [6.45, 7) is 3.24. The van der Waals surface area contributed by atoms with Crippen molar-refractivity contribution in [2.24, 2.45) is 0 Å². The van der Waals surface area contributed by atoms with E-state index >= 15 is 0 Å². The summed E-state index contributed by atoms with van der Waals surface area (Å²) in [4.78, 5) is 12.1. The van der Waals surface area contributed by atoms with Crippen molar-refractivity contribution < 1.29 is 19.4 Å². The van der Waals surface area contributed by atoms with E-state index in [1.165, 1.54) is 0 Å². The standard InChI is InChI=1S/C14H19NO4/c1-10(16)4-3-7-15-14(17)11-5-2-6-12-13(11)19-9-8-18-12/h2,5-6,10,16H,3-4,7-9H2,1H3,(H,15,17). The molecule has 5 nitrogen and oxygen atoms in total. The Kier molecular flexibility index (Phi) is 4.63. The first-order chi connectivity index (χ1) is 9.18. The molecule has 1 amide bonds. The van der Waals surface area contributed by atoms with Crippen LogP contribution in [0, 0.1) is 0 Å². The lowest BCUT2D eigenvalue weighted by Crippen LogP contribution is -2.27. The minimum Gasteiger partial charge on any atom is -0.486 e. The molecule has 19 heavy (non-hydrogen) atoms. The van der Waals surface area contributed by atoms with E-state index in [9.17, 15) is 4.79 Å². The van der Waals surface area contributed by atoms with Crippen molar-refractivity contribution in [1.29, 1.82) is 0 Å². The number of ether oxygens (including phenoxy) is 2. The summed E-state index contributed by atoms with van der Waals surface area (Å²) in [6.07, 6.45) is 1.08.